The molecular formula is C10H14FN3. The van der Waals surface area contributed by atoms with E-state index in [0.29, 0.717) is 5.92 Å². The van der Waals surface area contributed by atoms with Gasteiger partial charge in [-0.2, -0.15) is 0 Å². The highest BCUT2D eigenvalue weighted by molar-refractivity contribution is 5.21. The Balaban J connectivity index is 2.19. The summed E-state index contributed by atoms with van der Waals surface area (Å²) in [4.78, 5) is 0. The molecule has 14 heavy (non-hydrogen) atoms. The van der Waals surface area contributed by atoms with Crippen molar-refractivity contribution >= 4 is 0 Å². The Morgan fingerprint density at radius 1 is 1.21 bits per heavy atom. The molecule has 1 aromatic rings. The van der Waals surface area contributed by atoms with E-state index < -0.39 is 0 Å². The third kappa shape index (κ3) is 1.64. The Kier molecular flexibility index (Phi) is 2.50. The normalized spacial score (nSPS) is 32.1. The molecule has 76 valence electrons. The maximum atomic E-state index is 12.7. The fourth-order valence-corrected chi connectivity index (χ4v) is 1.71. The van der Waals surface area contributed by atoms with Gasteiger partial charge < -0.3 is 5.73 Å². The van der Waals surface area contributed by atoms with Gasteiger partial charge in [0.15, 0.2) is 0 Å². The van der Waals surface area contributed by atoms with Crippen molar-refractivity contribution in [3.05, 3.63) is 35.6 Å². The van der Waals surface area contributed by atoms with Crippen molar-refractivity contribution in [3.63, 3.8) is 0 Å². The van der Waals surface area contributed by atoms with E-state index in [1.807, 2.05) is 0 Å². The van der Waals surface area contributed by atoms with Gasteiger partial charge in [-0.25, -0.2) is 15.2 Å². The smallest absolute Gasteiger partial charge is 0.123 e. The van der Waals surface area contributed by atoms with Gasteiger partial charge in [0.2, 0.25) is 0 Å². The average Bonchev–Trinajstić information content (AvgIpc) is 2.50. The minimum Gasteiger partial charge on any atom is -0.315 e. The van der Waals surface area contributed by atoms with Gasteiger partial charge in [0.25, 0.3) is 0 Å². The lowest BCUT2D eigenvalue weighted by Gasteiger charge is -2.15. The van der Waals surface area contributed by atoms with E-state index in [2.05, 4.69) is 17.8 Å². The van der Waals surface area contributed by atoms with Crippen LogP contribution in [0.5, 0.6) is 0 Å². The molecule has 1 fully saturated rings. The largest absolute Gasteiger partial charge is 0.315 e. The van der Waals surface area contributed by atoms with Crippen molar-refractivity contribution < 1.29 is 4.39 Å². The van der Waals surface area contributed by atoms with E-state index in [1.54, 1.807) is 12.1 Å². The van der Waals surface area contributed by atoms with Gasteiger partial charge >= 0.3 is 0 Å². The van der Waals surface area contributed by atoms with Crippen molar-refractivity contribution in [1.29, 1.82) is 0 Å². The fraction of sp³-hybridized carbons (Fsp3) is 0.400. The summed E-state index contributed by atoms with van der Waals surface area (Å²) in [5.41, 5.74) is 12.9. The van der Waals surface area contributed by atoms with Gasteiger partial charge in [-0.1, -0.05) is 19.1 Å². The molecule has 2 rings (SSSR count). The van der Waals surface area contributed by atoms with Gasteiger partial charge in [-0.3, -0.25) is 0 Å². The third-order valence-electron chi connectivity index (χ3n) is 2.73. The first-order valence-electron chi connectivity index (χ1n) is 4.70. The molecule has 0 saturated carbocycles. The van der Waals surface area contributed by atoms with Crippen molar-refractivity contribution in [3.8, 4) is 0 Å². The Bertz CT molecular complexity index is 312. The molecule has 4 heteroatoms. The zero-order chi connectivity index (χ0) is 10.1. The van der Waals surface area contributed by atoms with Crippen LogP contribution < -0.4 is 16.6 Å². The first-order chi connectivity index (χ1) is 6.68. The molecular weight excluding hydrogens is 181 g/mol. The summed E-state index contributed by atoms with van der Waals surface area (Å²) < 4.78 is 12.7. The minimum absolute atomic E-state index is 0.0509. The summed E-state index contributed by atoms with van der Waals surface area (Å²) in [5, 5.41) is 0. The fourth-order valence-electron chi connectivity index (χ4n) is 1.71. The van der Waals surface area contributed by atoms with Gasteiger partial charge in [0.1, 0.15) is 5.82 Å². The lowest BCUT2D eigenvalue weighted by atomic mass is 9.95. The van der Waals surface area contributed by atoms with E-state index in [1.165, 1.54) is 12.1 Å². The van der Waals surface area contributed by atoms with Crippen LogP contribution in [0, 0.1) is 11.7 Å². The second-order valence-electron chi connectivity index (χ2n) is 3.70. The average molecular weight is 195 g/mol. The Morgan fingerprint density at radius 2 is 1.86 bits per heavy atom. The van der Waals surface area contributed by atoms with Gasteiger partial charge in [-0.05, 0) is 17.7 Å². The Morgan fingerprint density at radius 3 is 2.36 bits per heavy atom. The quantitative estimate of drug-likeness (QED) is 0.624. The molecule has 1 aliphatic rings. The number of nitrogens with one attached hydrogen (secondary N) is 2. The standard InChI is InChI=1S/C10H14FN3/c1-6-9(13-14-10(6)12)7-2-4-8(11)5-3-7/h2-6,9-10,13-14H,12H2,1H3. The van der Waals surface area contributed by atoms with Crippen molar-refractivity contribution in [2.45, 2.75) is 19.1 Å². The summed E-state index contributed by atoms with van der Waals surface area (Å²) in [6.45, 7) is 2.06. The van der Waals surface area contributed by atoms with Crippen LogP contribution >= 0.6 is 0 Å². The maximum Gasteiger partial charge on any atom is 0.123 e. The summed E-state index contributed by atoms with van der Waals surface area (Å²) in [5.74, 6) is 0.0807. The minimum atomic E-state index is -0.211. The van der Waals surface area contributed by atoms with Crippen LogP contribution in [0.25, 0.3) is 0 Å². The molecule has 3 unspecified atom stereocenters. The van der Waals surface area contributed by atoms with Crippen LogP contribution in [-0.4, -0.2) is 6.17 Å². The molecule has 3 nitrogen and oxygen atoms in total. The van der Waals surface area contributed by atoms with Crippen molar-refractivity contribution in [1.82, 2.24) is 10.9 Å². The first-order valence-corrected chi connectivity index (χ1v) is 4.70. The molecule has 0 aromatic heterocycles. The number of rotatable bonds is 1. The number of nitrogens with two attached hydrogens (primary N) is 1. The van der Waals surface area contributed by atoms with E-state index >= 15 is 0 Å². The number of halogens is 1. The summed E-state index contributed by atoms with van der Waals surface area (Å²) in [6, 6.07) is 6.65. The molecule has 1 heterocycles. The van der Waals surface area contributed by atoms with E-state index in [9.17, 15) is 4.39 Å². The van der Waals surface area contributed by atoms with Crippen molar-refractivity contribution in [2.24, 2.45) is 11.7 Å². The van der Waals surface area contributed by atoms with Gasteiger partial charge in [0, 0.05) is 5.92 Å². The molecule has 1 aliphatic heterocycles. The maximum absolute atomic E-state index is 12.7. The van der Waals surface area contributed by atoms with E-state index in [-0.39, 0.29) is 18.0 Å². The molecule has 0 radical (unpaired) electrons. The Labute approximate surface area is 82.5 Å². The number of benzene rings is 1. The van der Waals surface area contributed by atoms with Gasteiger partial charge in [0.05, 0.1) is 12.2 Å². The van der Waals surface area contributed by atoms with Crippen LogP contribution in [0.2, 0.25) is 0 Å². The van der Waals surface area contributed by atoms with Crippen LogP contribution in [0.3, 0.4) is 0 Å². The monoisotopic (exact) mass is 195 g/mol. The highest BCUT2D eigenvalue weighted by Crippen LogP contribution is 2.26. The highest BCUT2D eigenvalue weighted by Gasteiger charge is 2.30. The van der Waals surface area contributed by atoms with Crippen LogP contribution in [0.4, 0.5) is 4.39 Å². The molecule has 3 atom stereocenters. The number of hydrogen-bond donors (Lipinski definition) is 3. The lowest BCUT2D eigenvalue weighted by Crippen LogP contribution is -2.38. The molecule has 1 saturated heterocycles. The molecule has 0 bridgehead atoms. The van der Waals surface area contributed by atoms with E-state index in [4.69, 9.17) is 5.73 Å². The summed E-state index contributed by atoms with van der Waals surface area (Å²) >= 11 is 0. The predicted molar refractivity (Wildman–Crippen MR) is 52.6 cm³/mol. The SMILES string of the molecule is CC1C(N)NNC1c1ccc(F)cc1. The molecule has 0 aliphatic carbocycles. The lowest BCUT2D eigenvalue weighted by molar-refractivity contribution is 0.463. The van der Waals surface area contributed by atoms with Crippen molar-refractivity contribution in [2.75, 3.05) is 0 Å². The molecule has 0 amide bonds. The number of hydrazine groups is 1. The zero-order valence-electron chi connectivity index (χ0n) is 8.00. The Hall–Kier alpha value is -0.970. The molecule has 4 N–H and O–H groups in total. The van der Waals surface area contributed by atoms with Gasteiger partial charge in [-0.15, -0.1) is 0 Å². The molecule has 0 spiro atoms. The number of hydrogen-bond acceptors (Lipinski definition) is 3. The summed E-state index contributed by atoms with van der Waals surface area (Å²) in [7, 11) is 0. The summed E-state index contributed by atoms with van der Waals surface area (Å²) in [6.07, 6.45) is -0.0509. The second-order valence-corrected chi connectivity index (χ2v) is 3.70. The predicted octanol–water partition coefficient (Wildman–Crippen LogP) is 0.895. The van der Waals surface area contributed by atoms with E-state index in [0.717, 1.165) is 5.56 Å². The topological polar surface area (TPSA) is 50.1 Å². The van der Waals surface area contributed by atoms with Crippen LogP contribution in [-0.2, 0) is 0 Å². The van der Waals surface area contributed by atoms with Crippen LogP contribution in [0.15, 0.2) is 24.3 Å². The van der Waals surface area contributed by atoms with Crippen LogP contribution in [0.1, 0.15) is 18.5 Å². The highest BCUT2D eigenvalue weighted by atomic mass is 19.1. The second kappa shape index (κ2) is 3.65. The molecule has 1 aromatic carbocycles. The zero-order valence-corrected chi connectivity index (χ0v) is 8.00. The third-order valence-corrected chi connectivity index (χ3v) is 2.73. The first kappa shape index (κ1) is 9.58.